The van der Waals surface area contributed by atoms with E-state index in [1.807, 2.05) is 24.3 Å². The predicted octanol–water partition coefficient (Wildman–Crippen LogP) is 3.39. The highest BCUT2D eigenvalue weighted by molar-refractivity contribution is 6.30. The summed E-state index contributed by atoms with van der Waals surface area (Å²) in [6.07, 6.45) is 5.09. The van der Waals surface area contributed by atoms with E-state index in [0.29, 0.717) is 12.6 Å². The minimum atomic E-state index is 0.661. The standard InChI is InChI=1S/C14H20ClNO/c15-13-6-4-12(5-7-13)11-17-10-8-14-3-1-2-9-16-14/h4-7,14,16H,1-3,8-11H2/t14-/m1/s1. The summed E-state index contributed by atoms with van der Waals surface area (Å²) >= 11 is 5.83. The predicted molar refractivity (Wildman–Crippen MR) is 71.4 cm³/mol. The fraction of sp³-hybridized carbons (Fsp3) is 0.571. The Morgan fingerprint density at radius 1 is 1.24 bits per heavy atom. The van der Waals surface area contributed by atoms with Crippen molar-refractivity contribution in [1.29, 1.82) is 0 Å². The smallest absolute Gasteiger partial charge is 0.0716 e. The van der Waals surface area contributed by atoms with Crippen LogP contribution in [0.25, 0.3) is 0 Å². The van der Waals surface area contributed by atoms with Gasteiger partial charge in [-0.25, -0.2) is 0 Å². The molecule has 1 aliphatic heterocycles. The molecule has 3 heteroatoms. The molecule has 0 saturated carbocycles. The molecule has 0 radical (unpaired) electrons. The lowest BCUT2D eigenvalue weighted by Crippen LogP contribution is -2.34. The van der Waals surface area contributed by atoms with Crippen molar-refractivity contribution in [3.63, 3.8) is 0 Å². The molecule has 17 heavy (non-hydrogen) atoms. The van der Waals surface area contributed by atoms with Gasteiger partial charge in [0.2, 0.25) is 0 Å². The molecular formula is C14H20ClNO. The summed E-state index contributed by atoms with van der Waals surface area (Å²) in [6, 6.07) is 8.50. The van der Waals surface area contributed by atoms with E-state index in [1.54, 1.807) is 0 Å². The maximum Gasteiger partial charge on any atom is 0.0716 e. The minimum absolute atomic E-state index is 0.661. The molecule has 0 aliphatic carbocycles. The number of piperidine rings is 1. The molecule has 0 aromatic heterocycles. The molecule has 1 N–H and O–H groups in total. The fourth-order valence-electron chi connectivity index (χ4n) is 2.17. The van der Waals surface area contributed by atoms with E-state index in [-0.39, 0.29) is 0 Å². The third-order valence-electron chi connectivity index (χ3n) is 3.21. The summed E-state index contributed by atoms with van der Waals surface area (Å²) in [7, 11) is 0. The highest BCUT2D eigenvalue weighted by atomic mass is 35.5. The number of benzene rings is 1. The number of hydrogen-bond donors (Lipinski definition) is 1. The zero-order valence-electron chi connectivity index (χ0n) is 10.1. The Morgan fingerprint density at radius 2 is 2.06 bits per heavy atom. The molecule has 0 spiro atoms. The number of rotatable bonds is 5. The molecule has 0 amide bonds. The van der Waals surface area contributed by atoms with Crippen molar-refractivity contribution in [1.82, 2.24) is 5.32 Å². The molecule has 1 aromatic rings. The topological polar surface area (TPSA) is 21.3 Å². The molecular weight excluding hydrogens is 234 g/mol. The highest BCUT2D eigenvalue weighted by Crippen LogP contribution is 2.12. The summed E-state index contributed by atoms with van der Waals surface area (Å²) in [5.41, 5.74) is 1.19. The number of ether oxygens (including phenoxy) is 1. The average Bonchev–Trinajstić information content (AvgIpc) is 2.38. The SMILES string of the molecule is Clc1ccc(COCC[C@H]2CCCCN2)cc1. The number of nitrogens with one attached hydrogen (secondary N) is 1. The fourth-order valence-corrected chi connectivity index (χ4v) is 2.29. The first-order chi connectivity index (χ1) is 8.34. The van der Waals surface area contributed by atoms with Crippen molar-refractivity contribution in [3.8, 4) is 0 Å². The Morgan fingerprint density at radius 3 is 2.76 bits per heavy atom. The van der Waals surface area contributed by atoms with Crippen molar-refractivity contribution >= 4 is 11.6 Å². The van der Waals surface area contributed by atoms with E-state index < -0.39 is 0 Å². The van der Waals surface area contributed by atoms with Crippen LogP contribution in [0.4, 0.5) is 0 Å². The van der Waals surface area contributed by atoms with Gasteiger partial charge < -0.3 is 10.1 Å². The maximum atomic E-state index is 5.83. The van der Waals surface area contributed by atoms with E-state index >= 15 is 0 Å². The lowest BCUT2D eigenvalue weighted by molar-refractivity contribution is 0.108. The van der Waals surface area contributed by atoms with Crippen LogP contribution in [0, 0.1) is 0 Å². The minimum Gasteiger partial charge on any atom is -0.377 e. The maximum absolute atomic E-state index is 5.83. The molecule has 1 saturated heterocycles. The van der Waals surface area contributed by atoms with E-state index in [2.05, 4.69) is 5.32 Å². The molecule has 1 heterocycles. The first-order valence-electron chi connectivity index (χ1n) is 6.40. The van der Waals surface area contributed by atoms with Crippen LogP contribution in [-0.2, 0) is 11.3 Å². The first kappa shape index (κ1) is 12.9. The zero-order chi connectivity index (χ0) is 11.9. The van der Waals surface area contributed by atoms with Crippen LogP contribution in [0.15, 0.2) is 24.3 Å². The van der Waals surface area contributed by atoms with E-state index in [0.717, 1.165) is 18.1 Å². The van der Waals surface area contributed by atoms with Gasteiger partial charge in [-0.15, -0.1) is 0 Å². The molecule has 1 fully saturated rings. The lowest BCUT2D eigenvalue weighted by atomic mass is 10.0. The normalized spacial score (nSPS) is 20.4. The molecule has 94 valence electrons. The lowest BCUT2D eigenvalue weighted by Gasteiger charge is -2.23. The summed E-state index contributed by atoms with van der Waals surface area (Å²) < 4.78 is 5.68. The summed E-state index contributed by atoms with van der Waals surface area (Å²) in [6.45, 7) is 2.69. The van der Waals surface area contributed by atoms with E-state index in [9.17, 15) is 0 Å². The van der Waals surface area contributed by atoms with Crippen LogP contribution in [0.5, 0.6) is 0 Å². The van der Waals surface area contributed by atoms with Crippen molar-refractivity contribution < 1.29 is 4.74 Å². The second-order valence-electron chi connectivity index (χ2n) is 4.61. The Balaban J connectivity index is 1.60. The van der Waals surface area contributed by atoms with Crippen LogP contribution < -0.4 is 5.32 Å². The summed E-state index contributed by atoms with van der Waals surface area (Å²) in [5.74, 6) is 0. The van der Waals surface area contributed by atoms with Gasteiger partial charge in [0.25, 0.3) is 0 Å². The number of halogens is 1. The van der Waals surface area contributed by atoms with Crippen LogP contribution >= 0.6 is 11.6 Å². The van der Waals surface area contributed by atoms with Crippen LogP contribution in [-0.4, -0.2) is 19.2 Å². The van der Waals surface area contributed by atoms with Gasteiger partial charge in [0.05, 0.1) is 6.61 Å². The van der Waals surface area contributed by atoms with Crippen molar-refractivity contribution in [2.75, 3.05) is 13.2 Å². The Hall–Kier alpha value is -0.570. The highest BCUT2D eigenvalue weighted by Gasteiger charge is 2.11. The molecule has 1 aliphatic rings. The van der Waals surface area contributed by atoms with Crippen molar-refractivity contribution in [2.45, 2.75) is 38.3 Å². The van der Waals surface area contributed by atoms with E-state index in [4.69, 9.17) is 16.3 Å². The molecule has 2 rings (SSSR count). The Kier molecular flexibility index (Phi) is 5.30. The van der Waals surface area contributed by atoms with Gasteiger partial charge in [0.1, 0.15) is 0 Å². The monoisotopic (exact) mass is 253 g/mol. The molecule has 0 bridgehead atoms. The summed E-state index contributed by atoms with van der Waals surface area (Å²) in [5, 5.41) is 4.31. The van der Waals surface area contributed by atoms with Gasteiger partial charge in [-0.05, 0) is 43.5 Å². The Labute approximate surface area is 108 Å². The quantitative estimate of drug-likeness (QED) is 0.813. The van der Waals surface area contributed by atoms with Gasteiger partial charge in [-0.2, -0.15) is 0 Å². The Bertz CT molecular complexity index is 319. The molecule has 0 unspecified atom stereocenters. The van der Waals surface area contributed by atoms with Crippen molar-refractivity contribution in [3.05, 3.63) is 34.9 Å². The molecule has 1 aromatic carbocycles. The van der Waals surface area contributed by atoms with Gasteiger partial charge in [0, 0.05) is 17.7 Å². The van der Waals surface area contributed by atoms with E-state index in [1.165, 1.54) is 31.4 Å². The number of hydrogen-bond acceptors (Lipinski definition) is 2. The van der Waals surface area contributed by atoms with Crippen LogP contribution in [0.3, 0.4) is 0 Å². The van der Waals surface area contributed by atoms with Crippen LogP contribution in [0.2, 0.25) is 5.02 Å². The van der Waals surface area contributed by atoms with Crippen molar-refractivity contribution in [2.24, 2.45) is 0 Å². The third-order valence-corrected chi connectivity index (χ3v) is 3.46. The molecule has 2 nitrogen and oxygen atoms in total. The first-order valence-corrected chi connectivity index (χ1v) is 6.78. The molecule has 1 atom stereocenters. The van der Waals surface area contributed by atoms with Gasteiger partial charge in [0.15, 0.2) is 0 Å². The third kappa shape index (κ3) is 4.66. The second kappa shape index (κ2) is 7.00. The van der Waals surface area contributed by atoms with Gasteiger partial charge in [-0.1, -0.05) is 30.2 Å². The zero-order valence-corrected chi connectivity index (χ0v) is 10.9. The second-order valence-corrected chi connectivity index (χ2v) is 5.05. The van der Waals surface area contributed by atoms with Crippen LogP contribution in [0.1, 0.15) is 31.2 Å². The summed E-state index contributed by atoms with van der Waals surface area (Å²) in [4.78, 5) is 0. The van der Waals surface area contributed by atoms with Gasteiger partial charge >= 0.3 is 0 Å². The van der Waals surface area contributed by atoms with Gasteiger partial charge in [-0.3, -0.25) is 0 Å². The average molecular weight is 254 g/mol. The largest absolute Gasteiger partial charge is 0.377 e.